The Morgan fingerprint density at radius 2 is 1.67 bits per heavy atom. The Kier molecular flexibility index (Phi) is 4.39. The molecule has 0 aliphatic rings. The van der Waals surface area contributed by atoms with Crippen LogP contribution in [0.5, 0.6) is 5.75 Å². The summed E-state index contributed by atoms with van der Waals surface area (Å²) in [4.78, 5) is 35.5. The molecule has 0 fully saturated rings. The van der Waals surface area contributed by atoms with Crippen molar-refractivity contribution in [3.05, 3.63) is 85.8 Å². The van der Waals surface area contributed by atoms with E-state index in [1.54, 1.807) is 24.3 Å². The minimum atomic E-state index is -0.611. The van der Waals surface area contributed by atoms with Crippen LogP contribution in [-0.4, -0.2) is 19.9 Å². The van der Waals surface area contributed by atoms with Gasteiger partial charge in [0.05, 0.1) is 5.69 Å². The summed E-state index contributed by atoms with van der Waals surface area (Å²) in [5.74, 6) is 0.690. The summed E-state index contributed by atoms with van der Waals surface area (Å²) >= 11 is 5.11. The van der Waals surface area contributed by atoms with Crippen molar-refractivity contribution in [1.82, 2.24) is 19.9 Å². The van der Waals surface area contributed by atoms with Gasteiger partial charge in [-0.2, -0.15) is 0 Å². The van der Waals surface area contributed by atoms with Crippen molar-refractivity contribution >= 4 is 23.3 Å². The van der Waals surface area contributed by atoms with E-state index in [0.29, 0.717) is 23.6 Å². The average Bonchev–Trinajstić information content (AvgIpc) is 2.66. The Balaban J connectivity index is 1.69. The molecule has 0 aliphatic heterocycles. The number of hydrogen-bond donors (Lipinski definition) is 3. The summed E-state index contributed by atoms with van der Waals surface area (Å²) in [5.41, 5.74) is 1.24. The number of rotatable bonds is 4. The Bertz CT molecular complexity index is 1270. The topological polar surface area (TPSA) is 104 Å². The fraction of sp³-hybridized carbons (Fsp3) is 0.0526. The molecule has 0 radical (unpaired) electrons. The van der Waals surface area contributed by atoms with Gasteiger partial charge < -0.3 is 9.72 Å². The highest BCUT2D eigenvalue weighted by atomic mass is 32.1. The maximum absolute atomic E-state index is 12.2. The van der Waals surface area contributed by atoms with Gasteiger partial charge in [-0.25, -0.2) is 9.78 Å². The predicted octanol–water partition coefficient (Wildman–Crippen LogP) is 2.91. The van der Waals surface area contributed by atoms with Gasteiger partial charge in [0.1, 0.15) is 23.4 Å². The molecule has 4 rings (SSSR count). The van der Waals surface area contributed by atoms with E-state index in [1.807, 2.05) is 30.3 Å². The third kappa shape index (κ3) is 3.56. The van der Waals surface area contributed by atoms with E-state index in [0.717, 1.165) is 5.56 Å². The van der Waals surface area contributed by atoms with Crippen molar-refractivity contribution in [1.29, 1.82) is 0 Å². The van der Waals surface area contributed by atoms with Crippen LogP contribution in [0.4, 0.5) is 0 Å². The first-order valence-electron chi connectivity index (χ1n) is 8.14. The van der Waals surface area contributed by atoms with Crippen LogP contribution in [0.1, 0.15) is 5.56 Å². The van der Waals surface area contributed by atoms with E-state index in [4.69, 9.17) is 17.0 Å². The van der Waals surface area contributed by atoms with Gasteiger partial charge >= 0.3 is 5.69 Å². The van der Waals surface area contributed by atoms with Crippen molar-refractivity contribution in [3.8, 4) is 17.0 Å². The van der Waals surface area contributed by atoms with Crippen LogP contribution in [0.3, 0.4) is 0 Å². The quantitative estimate of drug-likeness (QED) is 0.474. The molecule has 0 spiro atoms. The second-order valence-electron chi connectivity index (χ2n) is 5.85. The molecule has 0 saturated heterocycles. The summed E-state index contributed by atoms with van der Waals surface area (Å²) in [7, 11) is 0. The van der Waals surface area contributed by atoms with Crippen LogP contribution in [0, 0.1) is 4.77 Å². The number of hydrogen-bond acceptors (Lipinski definition) is 5. The largest absolute Gasteiger partial charge is 0.489 e. The number of H-pyrrole nitrogens is 3. The molecule has 3 N–H and O–H groups in total. The minimum Gasteiger partial charge on any atom is -0.489 e. The van der Waals surface area contributed by atoms with E-state index in [1.165, 1.54) is 0 Å². The first-order valence-corrected chi connectivity index (χ1v) is 8.55. The highest BCUT2D eigenvalue weighted by molar-refractivity contribution is 7.71. The molecule has 0 bridgehead atoms. The fourth-order valence-electron chi connectivity index (χ4n) is 2.76. The third-order valence-corrected chi connectivity index (χ3v) is 4.19. The van der Waals surface area contributed by atoms with Crippen LogP contribution < -0.4 is 16.0 Å². The van der Waals surface area contributed by atoms with Crippen LogP contribution in [-0.2, 0) is 6.61 Å². The number of fused-ring (bicyclic) bond motifs is 1. The Morgan fingerprint density at radius 3 is 2.41 bits per heavy atom. The van der Waals surface area contributed by atoms with Gasteiger partial charge in [0, 0.05) is 5.56 Å². The van der Waals surface area contributed by atoms with Crippen molar-refractivity contribution < 1.29 is 4.74 Å². The lowest BCUT2D eigenvalue weighted by Crippen LogP contribution is -2.23. The second-order valence-corrected chi connectivity index (χ2v) is 6.23. The summed E-state index contributed by atoms with van der Waals surface area (Å²) in [6.45, 7) is 0.457. The van der Waals surface area contributed by atoms with Crippen LogP contribution >= 0.6 is 12.2 Å². The Morgan fingerprint density at radius 1 is 0.926 bits per heavy atom. The highest BCUT2D eigenvalue weighted by Gasteiger charge is 2.12. The lowest BCUT2D eigenvalue weighted by Gasteiger charge is -2.08. The molecule has 27 heavy (non-hydrogen) atoms. The van der Waals surface area contributed by atoms with E-state index >= 15 is 0 Å². The van der Waals surface area contributed by atoms with Crippen molar-refractivity contribution in [3.63, 3.8) is 0 Å². The van der Waals surface area contributed by atoms with Crippen molar-refractivity contribution in [2.24, 2.45) is 0 Å². The van der Waals surface area contributed by atoms with Crippen molar-refractivity contribution in [2.45, 2.75) is 6.61 Å². The lowest BCUT2D eigenvalue weighted by atomic mass is 10.1. The second kappa shape index (κ2) is 7.00. The smallest absolute Gasteiger partial charge is 0.327 e. The van der Waals surface area contributed by atoms with Gasteiger partial charge in [0.2, 0.25) is 0 Å². The van der Waals surface area contributed by atoms with Gasteiger partial charge in [0.25, 0.3) is 5.56 Å². The molecule has 134 valence electrons. The zero-order chi connectivity index (χ0) is 18.8. The zero-order valence-corrected chi connectivity index (χ0v) is 14.8. The number of benzene rings is 2. The molecular formula is C19H14N4O3S. The van der Waals surface area contributed by atoms with E-state index in [-0.39, 0.29) is 15.8 Å². The molecule has 0 unspecified atom stereocenters. The number of nitrogens with one attached hydrogen (secondary N) is 3. The van der Waals surface area contributed by atoms with Gasteiger partial charge in [-0.05, 0) is 42.0 Å². The number of nitrogens with zero attached hydrogens (tertiary/aromatic N) is 1. The van der Waals surface area contributed by atoms with E-state index in [2.05, 4.69) is 19.9 Å². The SMILES string of the molecule is O=c1[nH]c(=O)c2c(-c3ccc(OCc4ccccc4)cc3)nc(=S)[nH]c2[nH]1. The average molecular weight is 378 g/mol. The molecule has 2 aromatic carbocycles. The van der Waals surface area contributed by atoms with Gasteiger partial charge in [0.15, 0.2) is 4.77 Å². The van der Waals surface area contributed by atoms with E-state index in [9.17, 15) is 9.59 Å². The lowest BCUT2D eigenvalue weighted by molar-refractivity contribution is 0.306. The van der Waals surface area contributed by atoms with Crippen LogP contribution in [0.2, 0.25) is 0 Å². The van der Waals surface area contributed by atoms with E-state index < -0.39 is 11.2 Å². The first kappa shape index (κ1) is 16.9. The number of aromatic amines is 3. The molecule has 4 aromatic rings. The maximum Gasteiger partial charge on any atom is 0.327 e. The molecule has 0 amide bonds. The van der Waals surface area contributed by atoms with Gasteiger partial charge in [-0.3, -0.25) is 14.8 Å². The fourth-order valence-corrected chi connectivity index (χ4v) is 2.95. The predicted molar refractivity (Wildman–Crippen MR) is 104 cm³/mol. The summed E-state index contributed by atoms with van der Waals surface area (Å²) in [6.07, 6.45) is 0. The molecule has 0 aliphatic carbocycles. The third-order valence-electron chi connectivity index (χ3n) is 4.00. The molecule has 0 atom stereocenters. The molecular weight excluding hydrogens is 364 g/mol. The molecule has 0 saturated carbocycles. The van der Waals surface area contributed by atoms with Crippen LogP contribution in [0.15, 0.2) is 64.2 Å². The highest BCUT2D eigenvalue weighted by Crippen LogP contribution is 2.24. The molecule has 2 aromatic heterocycles. The Hall–Kier alpha value is -3.52. The zero-order valence-electron chi connectivity index (χ0n) is 14.0. The standard InChI is InChI=1S/C19H14N4O3S/c24-17-14-15(20-19(27)22-16(14)21-18(25)23-17)12-6-8-13(9-7-12)26-10-11-4-2-1-3-5-11/h1-9H,10H2,(H3,20,21,22,23,24,25,27). The normalized spacial score (nSPS) is 10.8. The Labute approximate surface area is 157 Å². The first-order chi connectivity index (χ1) is 13.1. The monoisotopic (exact) mass is 378 g/mol. The summed E-state index contributed by atoms with van der Waals surface area (Å²) < 4.78 is 5.94. The minimum absolute atomic E-state index is 0.170. The number of ether oxygens (including phenoxy) is 1. The summed E-state index contributed by atoms with van der Waals surface area (Å²) in [5, 5.41) is 0.237. The number of aromatic nitrogens is 4. The molecule has 2 heterocycles. The molecule has 7 nitrogen and oxygen atoms in total. The van der Waals surface area contributed by atoms with Crippen LogP contribution in [0.25, 0.3) is 22.3 Å². The van der Waals surface area contributed by atoms with Crippen molar-refractivity contribution in [2.75, 3.05) is 0 Å². The van der Waals surface area contributed by atoms with Gasteiger partial charge in [-0.1, -0.05) is 30.3 Å². The maximum atomic E-state index is 12.2. The van der Waals surface area contributed by atoms with Gasteiger partial charge in [-0.15, -0.1) is 0 Å². The summed E-state index contributed by atoms with van der Waals surface area (Å²) in [6, 6.07) is 17.0. The molecule has 8 heteroatoms.